The van der Waals surface area contributed by atoms with E-state index in [1.165, 1.54) is 30.3 Å². The summed E-state index contributed by atoms with van der Waals surface area (Å²) in [6, 6.07) is 7.84. The van der Waals surface area contributed by atoms with Crippen LogP contribution in [0, 0.1) is 11.6 Å². The third kappa shape index (κ3) is 4.16. The van der Waals surface area contributed by atoms with Gasteiger partial charge in [-0.1, -0.05) is 23.7 Å². The van der Waals surface area contributed by atoms with E-state index in [0.717, 1.165) is 12.1 Å². The van der Waals surface area contributed by atoms with E-state index in [2.05, 4.69) is 10.6 Å². The lowest BCUT2D eigenvalue weighted by Gasteiger charge is -2.17. The molecule has 0 bridgehead atoms. The average Bonchev–Trinajstić information content (AvgIpc) is 2.48. The van der Waals surface area contributed by atoms with E-state index >= 15 is 0 Å². The molecule has 7 heteroatoms. The monoisotopic (exact) mass is 326 g/mol. The number of carbonyl (C=O) groups is 1. The van der Waals surface area contributed by atoms with Crippen molar-refractivity contribution in [2.75, 3.05) is 11.9 Å². The number of anilines is 1. The summed E-state index contributed by atoms with van der Waals surface area (Å²) in [6.45, 7) is -0.433. The van der Waals surface area contributed by atoms with Crippen molar-refractivity contribution >= 4 is 23.3 Å². The number of carbonyl (C=O) groups excluding carboxylic acids is 1. The third-order valence-electron chi connectivity index (χ3n) is 2.92. The number of aliphatic hydroxyl groups is 1. The van der Waals surface area contributed by atoms with Gasteiger partial charge in [-0.3, -0.25) is 0 Å². The first-order valence-electron chi connectivity index (χ1n) is 6.38. The molecule has 2 aromatic rings. The lowest BCUT2D eigenvalue weighted by atomic mass is 10.1. The number of aliphatic hydroxyl groups excluding tert-OH is 1. The molecule has 0 heterocycles. The summed E-state index contributed by atoms with van der Waals surface area (Å²) in [5, 5.41) is 14.2. The van der Waals surface area contributed by atoms with Gasteiger partial charge >= 0.3 is 6.03 Å². The van der Waals surface area contributed by atoms with Gasteiger partial charge in [0, 0.05) is 5.69 Å². The molecule has 0 saturated heterocycles. The molecule has 4 nitrogen and oxygen atoms in total. The van der Waals surface area contributed by atoms with Crippen molar-refractivity contribution in [3.8, 4) is 0 Å². The number of urea groups is 1. The van der Waals surface area contributed by atoms with Gasteiger partial charge in [-0.15, -0.1) is 0 Å². The lowest BCUT2D eigenvalue weighted by molar-refractivity contribution is 0.225. The van der Waals surface area contributed by atoms with Crippen LogP contribution in [0.15, 0.2) is 42.5 Å². The minimum atomic E-state index is -0.819. The predicted octanol–water partition coefficient (Wildman–Crippen LogP) is 3.47. The molecule has 2 amide bonds. The second-order valence-corrected chi connectivity index (χ2v) is 4.92. The molecular weight excluding hydrogens is 314 g/mol. The van der Waals surface area contributed by atoms with Crippen molar-refractivity contribution in [1.29, 1.82) is 0 Å². The number of rotatable bonds is 4. The third-order valence-corrected chi connectivity index (χ3v) is 3.22. The van der Waals surface area contributed by atoms with Crippen LogP contribution in [0.3, 0.4) is 0 Å². The number of nitrogens with one attached hydrogen (secondary N) is 2. The van der Waals surface area contributed by atoms with Gasteiger partial charge in [-0.05, 0) is 35.9 Å². The molecule has 3 N–H and O–H groups in total. The van der Waals surface area contributed by atoms with E-state index in [1.807, 2.05) is 0 Å². The summed E-state index contributed by atoms with van der Waals surface area (Å²) in [5.74, 6) is -1.14. The number of hydrogen-bond donors (Lipinski definition) is 3. The fourth-order valence-electron chi connectivity index (χ4n) is 1.86. The first-order valence-corrected chi connectivity index (χ1v) is 6.76. The van der Waals surface area contributed by atoms with E-state index < -0.39 is 30.3 Å². The van der Waals surface area contributed by atoms with Crippen LogP contribution >= 0.6 is 11.6 Å². The van der Waals surface area contributed by atoms with E-state index in [9.17, 15) is 18.7 Å². The second kappa shape index (κ2) is 7.20. The zero-order chi connectivity index (χ0) is 16.1. The van der Waals surface area contributed by atoms with Crippen LogP contribution in [0.25, 0.3) is 0 Å². The van der Waals surface area contributed by atoms with E-state index in [-0.39, 0.29) is 10.7 Å². The molecule has 116 valence electrons. The van der Waals surface area contributed by atoms with Crippen LogP contribution in [-0.4, -0.2) is 17.7 Å². The number of amides is 2. The van der Waals surface area contributed by atoms with Crippen LogP contribution in [0.5, 0.6) is 0 Å². The first-order chi connectivity index (χ1) is 10.5. The maximum absolute atomic E-state index is 13.4. The zero-order valence-corrected chi connectivity index (χ0v) is 12.1. The van der Waals surface area contributed by atoms with Gasteiger partial charge in [-0.25, -0.2) is 13.6 Å². The van der Waals surface area contributed by atoms with Crippen molar-refractivity contribution in [1.82, 2.24) is 5.32 Å². The van der Waals surface area contributed by atoms with Crippen molar-refractivity contribution in [3.63, 3.8) is 0 Å². The molecule has 0 spiro atoms. The highest BCUT2D eigenvalue weighted by Gasteiger charge is 2.15. The quantitative estimate of drug-likeness (QED) is 0.805. The normalized spacial score (nSPS) is 11.8. The summed E-state index contributed by atoms with van der Waals surface area (Å²) in [4.78, 5) is 11.8. The zero-order valence-electron chi connectivity index (χ0n) is 11.3. The van der Waals surface area contributed by atoms with Crippen molar-refractivity contribution in [3.05, 3.63) is 64.7 Å². The van der Waals surface area contributed by atoms with E-state index in [1.54, 1.807) is 0 Å². The highest BCUT2D eigenvalue weighted by Crippen LogP contribution is 2.20. The SMILES string of the molecule is O=C(Nc1cccc(F)c1)NC(CO)c1ccc(Cl)c(F)c1. The summed E-state index contributed by atoms with van der Waals surface area (Å²) >= 11 is 5.58. The Labute approximate surface area is 130 Å². The molecule has 22 heavy (non-hydrogen) atoms. The maximum Gasteiger partial charge on any atom is 0.319 e. The molecule has 2 aromatic carbocycles. The molecule has 0 aliphatic heterocycles. The Morgan fingerprint density at radius 3 is 2.64 bits per heavy atom. The Bertz CT molecular complexity index is 682. The number of halogens is 3. The lowest BCUT2D eigenvalue weighted by Crippen LogP contribution is -2.34. The molecule has 1 unspecified atom stereocenters. The van der Waals surface area contributed by atoms with E-state index in [4.69, 9.17) is 11.6 Å². The van der Waals surface area contributed by atoms with Gasteiger partial charge < -0.3 is 15.7 Å². The standard InChI is InChI=1S/C15H13ClF2N2O2/c16-12-5-4-9(6-13(12)18)14(8-21)20-15(22)19-11-3-1-2-10(17)7-11/h1-7,14,21H,8H2,(H2,19,20,22). The Morgan fingerprint density at radius 2 is 2.00 bits per heavy atom. The Morgan fingerprint density at radius 1 is 1.23 bits per heavy atom. The van der Waals surface area contributed by atoms with Gasteiger partial charge in [0.1, 0.15) is 11.6 Å². The van der Waals surface area contributed by atoms with Crippen molar-refractivity contribution in [2.45, 2.75) is 6.04 Å². The van der Waals surface area contributed by atoms with Crippen LogP contribution in [-0.2, 0) is 0 Å². The Balaban J connectivity index is 2.06. The molecular formula is C15H13ClF2N2O2. The highest BCUT2D eigenvalue weighted by atomic mass is 35.5. The van der Waals surface area contributed by atoms with E-state index in [0.29, 0.717) is 5.56 Å². The molecule has 0 fully saturated rings. The smallest absolute Gasteiger partial charge is 0.319 e. The minimum Gasteiger partial charge on any atom is -0.394 e. The van der Waals surface area contributed by atoms with Crippen LogP contribution in [0.2, 0.25) is 5.02 Å². The van der Waals surface area contributed by atoms with Crippen molar-refractivity contribution < 1.29 is 18.7 Å². The second-order valence-electron chi connectivity index (χ2n) is 4.52. The van der Waals surface area contributed by atoms with Gasteiger partial charge in [-0.2, -0.15) is 0 Å². The molecule has 1 atom stereocenters. The van der Waals surface area contributed by atoms with Crippen molar-refractivity contribution in [2.24, 2.45) is 0 Å². The largest absolute Gasteiger partial charge is 0.394 e. The van der Waals surface area contributed by atoms with Crippen LogP contribution in [0.4, 0.5) is 19.3 Å². The maximum atomic E-state index is 13.4. The first kappa shape index (κ1) is 16.2. The van der Waals surface area contributed by atoms with Gasteiger partial charge in [0.25, 0.3) is 0 Å². The molecule has 0 aromatic heterocycles. The molecule has 0 aliphatic rings. The molecule has 0 radical (unpaired) electrons. The number of benzene rings is 2. The highest BCUT2D eigenvalue weighted by molar-refractivity contribution is 6.30. The molecule has 0 saturated carbocycles. The molecule has 2 rings (SSSR count). The molecule has 0 aliphatic carbocycles. The van der Waals surface area contributed by atoms with Gasteiger partial charge in [0.2, 0.25) is 0 Å². The fraction of sp³-hybridized carbons (Fsp3) is 0.133. The minimum absolute atomic E-state index is 0.0512. The average molecular weight is 327 g/mol. The summed E-state index contributed by atoms with van der Waals surface area (Å²) in [6.07, 6.45) is 0. The van der Waals surface area contributed by atoms with Crippen LogP contribution < -0.4 is 10.6 Å². The summed E-state index contributed by atoms with van der Waals surface area (Å²) in [5.41, 5.74) is 0.621. The Kier molecular flexibility index (Phi) is 5.30. The fourth-order valence-corrected chi connectivity index (χ4v) is 1.97. The summed E-state index contributed by atoms with van der Waals surface area (Å²) in [7, 11) is 0. The Hall–Kier alpha value is -2.18. The summed E-state index contributed by atoms with van der Waals surface area (Å²) < 4.78 is 26.4. The van der Waals surface area contributed by atoms with Gasteiger partial charge in [0.05, 0.1) is 17.7 Å². The topological polar surface area (TPSA) is 61.4 Å². The predicted molar refractivity (Wildman–Crippen MR) is 79.8 cm³/mol. The number of hydrogen-bond acceptors (Lipinski definition) is 2. The van der Waals surface area contributed by atoms with Gasteiger partial charge in [0.15, 0.2) is 0 Å². The van der Waals surface area contributed by atoms with Crippen LogP contribution in [0.1, 0.15) is 11.6 Å².